The van der Waals surface area contributed by atoms with E-state index in [0.717, 1.165) is 69.6 Å². The minimum Gasteiger partial charge on any atom is -0.435 e. The van der Waals surface area contributed by atoms with E-state index in [1.165, 1.54) is 5.57 Å². The molecule has 3 saturated carbocycles. The molecule has 6 nitrogen and oxygen atoms in total. The summed E-state index contributed by atoms with van der Waals surface area (Å²) in [6.45, 7) is 5.90. The highest BCUT2D eigenvalue weighted by Crippen LogP contribution is 2.70. The van der Waals surface area contributed by atoms with Crippen LogP contribution < -0.4 is 0 Å². The van der Waals surface area contributed by atoms with E-state index in [1.54, 1.807) is 13.8 Å². The van der Waals surface area contributed by atoms with Crippen LogP contribution in [0.4, 0.5) is 4.79 Å². The van der Waals surface area contributed by atoms with Crippen molar-refractivity contribution >= 4 is 24.0 Å². The first-order valence-electron chi connectivity index (χ1n) is 14.8. The van der Waals surface area contributed by atoms with E-state index in [0.29, 0.717) is 30.2 Å². The Morgan fingerprint density at radius 2 is 1.77 bits per heavy atom. The second-order valence-corrected chi connectivity index (χ2v) is 12.6. The van der Waals surface area contributed by atoms with Crippen molar-refractivity contribution < 1.29 is 28.7 Å². The average Bonchev–Trinajstić information content (AvgIpc) is 3.25. The van der Waals surface area contributed by atoms with Crippen LogP contribution in [0.5, 0.6) is 0 Å². The van der Waals surface area contributed by atoms with E-state index in [1.807, 2.05) is 30.3 Å². The lowest BCUT2D eigenvalue weighted by atomic mass is 9.45. The van der Waals surface area contributed by atoms with E-state index >= 15 is 0 Å². The summed E-state index contributed by atoms with van der Waals surface area (Å²) >= 11 is 0. The number of Topliss-reactive ketones (excluding diaryl/α,β-unsaturated/α-hetero) is 1. The van der Waals surface area contributed by atoms with Gasteiger partial charge in [0.25, 0.3) is 0 Å². The highest BCUT2D eigenvalue weighted by Gasteiger charge is 2.69. The molecule has 0 bridgehead atoms. The van der Waals surface area contributed by atoms with E-state index in [4.69, 9.17) is 9.47 Å². The number of rotatable bonds is 8. The van der Waals surface area contributed by atoms with Crippen LogP contribution in [-0.4, -0.2) is 36.2 Å². The molecule has 39 heavy (non-hydrogen) atoms. The minimum absolute atomic E-state index is 0.0345. The lowest BCUT2D eigenvalue weighted by molar-refractivity contribution is -0.172. The van der Waals surface area contributed by atoms with Crippen LogP contribution in [0.15, 0.2) is 35.9 Å². The van der Waals surface area contributed by atoms with Crippen LogP contribution in [0.3, 0.4) is 0 Å². The van der Waals surface area contributed by atoms with Crippen molar-refractivity contribution in [3.63, 3.8) is 0 Å². The molecule has 0 amide bonds. The number of carbonyl (C=O) groups excluding carboxylic acids is 4. The molecule has 0 radical (unpaired) electrons. The average molecular weight is 535 g/mol. The Morgan fingerprint density at radius 3 is 2.46 bits per heavy atom. The van der Waals surface area contributed by atoms with Gasteiger partial charge in [-0.05, 0) is 113 Å². The number of fused-ring (bicyclic) bond motifs is 5. The molecule has 0 saturated heterocycles. The number of hydrogen-bond acceptors (Lipinski definition) is 6. The lowest BCUT2D eigenvalue weighted by Gasteiger charge is -2.60. The third-order valence-corrected chi connectivity index (χ3v) is 11.1. The highest BCUT2D eigenvalue weighted by molar-refractivity contribution is 5.91. The van der Waals surface area contributed by atoms with Gasteiger partial charge >= 0.3 is 6.16 Å². The van der Waals surface area contributed by atoms with Gasteiger partial charge in [0.2, 0.25) is 0 Å². The molecule has 4 aliphatic carbocycles. The van der Waals surface area contributed by atoms with Gasteiger partial charge in [0, 0.05) is 17.4 Å². The van der Waals surface area contributed by atoms with Crippen LogP contribution in [0.25, 0.3) is 0 Å². The van der Waals surface area contributed by atoms with Crippen LogP contribution >= 0.6 is 0 Å². The predicted molar refractivity (Wildman–Crippen MR) is 147 cm³/mol. The summed E-state index contributed by atoms with van der Waals surface area (Å²) in [4.78, 5) is 49.6. The van der Waals surface area contributed by atoms with Gasteiger partial charge in [0.15, 0.2) is 17.2 Å². The standard InChI is InChI=1S/C33H42O6/c1-4-38-30(37)39-33(22(2)35)19-15-29-27-12-11-25-20-26(36)13-17-31(25,3)28(27)14-18-32(29,33)16-5-6-23-7-9-24(21-34)10-8-23/h7-10,20-21,27-29H,4-6,11-19H2,1-3H3/t27?,28-,29?,31-,32+,33-/m1/s1. The van der Waals surface area contributed by atoms with Crippen molar-refractivity contribution in [2.24, 2.45) is 28.6 Å². The number of ketones is 2. The monoisotopic (exact) mass is 534 g/mol. The summed E-state index contributed by atoms with van der Waals surface area (Å²) in [5, 5.41) is 0. The molecule has 210 valence electrons. The zero-order chi connectivity index (χ0) is 27.8. The normalized spacial score (nSPS) is 35.2. The van der Waals surface area contributed by atoms with Gasteiger partial charge < -0.3 is 9.47 Å². The molecule has 0 aliphatic heterocycles. The first-order chi connectivity index (χ1) is 18.7. The zero-order valence-electron chi connectivity index (χ0n) is 23.6. The molecule has 6 heteroatoms. The number of aldehydes is 1. The molecular weight excluding hydrogens is 492 g/mol. The van der Waals surface area contributed by atoms with Crippen LogP contribution in [0.1, 0.15) is 101 Å². The van der Waals surface area contributed by atoms with Crippen LogP contribution in [0, 0.1) is 28.6 Å². The molecule has 0 heterocycles. The van der Waals surface area contributed by atoms with Gasteiger partial charge in [0.05, 0.1) is 6.61 Å². The fourth-order valence-corrected chi connectivity index (χ4v) is 9.30. The molecule has 4 aliphatic rings. The molecule has 5 rings (SSSR count). The van der Waals surface area contributed by atoms with Crippen molar-refractivity contribution in [1.29, 1.82) is 0 Å². The molecular formula is C33H42O6. The molecule has 2 unspecified atom stereocenters. The molecule has 0 N–H and O–H groups in total. The smallest absolute Gasteiger partial charge is 0.435 e. The molecule has 1 aromatic carbocycles. The Morgan fingerprint density at radius 1 is 1.03 bits per heavy atom. The number of carbonyl (C=O) groups is 4. The maximum Gasteiger partial charge on any atom is 0.509 e. The van der Waals surface area contributed by atoms with E-state index in [-0.39, 0.29) is 29.5 Å². The lowest BCUT2D eigenvalue weighted by Crippen LogP contribution is -2.60. The predicted octanol–water partition coefficient (Wildman–Crippen LogP) is 6.83. The molecule has 0 aromatic heterocycles. The van der Waals surface area contributed by atoms with Crippen LogP contribution in [0.2, 0.25) is 0 Å². The maximum atomic E-state index is 13.5. The number of ether oxygens (including phenoxy) is 2. The summed E-state index contributed by atoms with van der Waals surface area (Å²) in [7, 11) is 0. The number of benzene rings is 1. The van der Waals surface area contributed by atoms with E-state index in [2.05, 4.69) is 6.92 Å². The first kappa shape index (κ1) is 27.8. The van der Waals surface area contributed by atoms with Crippen LogP contribution in [-0.2, 0) is 25.5 Å². The van der Waals surface area contributed by atoms with Gasteiger partial charge in [-0.1, -0.05) is 36.8 Å². The number of allylic oxidation sites excluding steroid dienone is 1. The Kier molecular flexibility index (Phi) is 7.60. The Hall–Kier alpha value is -2.76. The summed E-state index contributed by atoms with van der Waals surface area (Å²) in [5.41, 5.74) is 1.57. The van der Waals surface area contributed by atoms with Gasteiger partial charge in [-0.2, -0.15) is 0 Å². The quantitative estimate of drug-likeness (QED) is 0.268. The Labute approximate surface area is 231 Å². The fourth-order valence-electron chi connectivity index (χ4n) is 9.30. The largest absolute Gasteiger partial charge is 0.509 e. The van der Waals surface area contributed by atoms with Crippen molar-refractivity contribution in [3.8, 4) is 0 Å². The maximum absolute atomic E-state index is 13.5. The summed E-state index contributed by atoms with van der Waals surface area (Å²) in [5.74, 6) is 1.38. The van der Waals surface area contributed by atoms with E-state index < -0.39 is 17.2 Å². The van der Waals surface area contributed by atoms with Crippen molar-refractivity contribution in [2.75, 3.05) is 6.61 Å². The summed E-state index contributed by atoms with van der Waals surface area (Å²) in [6, 6.07) is 7.68. The fraction of sp³-hybridized carbons (Fsp3) is 0.636. The van der Waals surface area contributed by atoms with Gasteiger partial charge in [-0.3, -0.25) is 14.4 Å². The van der Waals surface area contributed by atoms with Crippen molar-refractivity contribution in [3.05, 3.63) is 47.0 Å². The third kappa shape index (κ3) is 4.58. The van der Waals surface area contributed by atoms with Crippen molar-refractivity contribution in [1.82, 2.24) is 0 Å². The SMILES string of the molecule is CCOC(=O)O[C@@]1(C(C)=O)CCC2C3CCC4=CC(=O)CC[C@@]4(C)[C@@H]3CC[C@@]21CCCc1ccc(C=O)cc1. The van der Waals surface area contributed by atoms with Gasteiger partial charge in [-0.15, -0.1) is 0 Å². The molecule has 3 fully saturated rings. The second-order valence-electron chi connectivity index (χ2n) is 12.6. The minimum atomic E-state index is -1.17. The molecule has 6 atom stereocenters. The Balaban J connectivity index is 1.47. The number of hydrogen-bond donors (Lipinski definition) is 0. The van der Waals surface area contributed by atoms with Gasteiger partial charge in [0.1, 0.15) is 6.29 Å². The summed E-state index contributed by atoms with van der Waals surface area (Å²) in [6.07, 6.45) is 11.2. The molecule has 1 aromatic rings. The second kappa shape index (κ2) is 10.7. The first-order valence-corrected chi connectivity index (χ1v) is 14.8. The highest BCUT2D eigenvalue weighted by atomic mass is 16.7. The zero-order valence-corrected chi connectivity index (χ0v) is 23.6. The topological polar surface area (TPSA) is 86.7 Å². The third-order valence-electron chi connectivity index (χ3n) is 11.1. The summed E-state index contributed by atoms with van der Waals surface area (Å²) < 4.78 is 11.3. The number of aryl methyl sites for hydroxylation is 1. The van der Waals surface area contributed by atoms with Gasteiger partial charge in [-0.25, -0.2) is 4.79 Å². The van der Waals surface area contributed by atoms with Crippen molar-refractivity contribution in [2.45, 2.75) is 97.0 Å². The molecule has 0 spiro atoms. The van der Waals surface area contributed by atoms with E-state index in [9.17, 15) is 19.2 Å². The Bertz CT molecular complexity index is 1170.